The average molecular weight is 475 g/mol. The molecule has 2 N–H and O–H groups in total. The van der Waals surface area contributed by atoms with Crippen LogP contribution in [0.25, 0.3) is 0 Å². The number of nitrogens with one attached hydrogen (secondary N) is 2. The van der Waals surface area contributed by atoms with E-state index < -0.39 is 0 Å². The molecule has 3 heterocycles. The molecule has 1 fully saturated rings. The zero-order valence-electron chi connectivity index (χ0n) is 17.1. The second-order valence-corrected chi connectivity index (χ2v) is 9.97. The van der Waals surface area contributed by atoms with Crippen LogP contribution in [0.2, 0.25) is 9.36 Å². The molecule has 3 aromatic rings. The molecular formula is C23H24Cl2N4OS. The minimum Gasteiger partial charge on any atom is -0.334 e. The number of nitrogens with zero attached hydrogens (tertiary/aromatic N) is 2. The standard InChI is InChI=1S/C23H24Cl2N4OS/c1-15-2-3-16(12-26-15)13-29-11-10-20(19(14-29)21-8-9-22(25)31-21)28-23(30)27-18-6-4-17(24)5-7-18/h2-9,12,19-20H,10-11,13-14H2,1H3,(H2,27,28,30). The molecule has 2 aromatic heterocycles. The van der Waals surface area contributed by atoms with E-state index in [4.69, 9.17) is 23.2 Å². The van der Waals surface area contributed by atoms with Crippen molar-refractivity contribution in [2.75, 3.05) is 18.4 Å². The van der Waals surface area contributed by atoms with Crippen LogP contribution in [0.15, 0.2) is 54.7 Å². The number of aromatic nitrogens is 1. The van der Waals surface area contributed by atoms with Gasteiger partial charge in [0.05, 0.1) is 4.34 Å². The van der Waals surface area contributed by atoms with Gasteiger partial charge in [-0.25, -0.2) is 4.79 Å². The Labute approximate surface area is 196 Å². The monoisotopic (exact) mass is 474 g/mol. The summed E-state index contributed by atoms with van der Waals surface area (Å²) in [5, 5.41) is 6.71. The third-order valence-corrected chi connectivity index (χ3v) is 7.07. The van der Waals surface area contributed by atoms with Crippen molar-refractivity contribution >= 4 is 46.3 Å². The van der Waals surface area contributed by atoms with Crippen LogP contribution in [0.4, 0.5) is 10.5 Å². The maximum Gasteiger partial charge on any atom is 0.319 e. The molecule has 0 aliphatic carbocycles. The van der Waals surface area contributed by atoms with E-state index in [-0.39, 0.29) is 18.0 Å². The maximum absolute atomic E-state index is 12.7. The fourth-order valence-corrected chi connectivity index (χ4v) is 5.21. The van der Waals surface area contributed by atoms with Gasteiger partial charge in [-0.05, 0) is 61.4 Å². The van der Waals surface area contributed by atoms with Crippen molar-refractivity contribution < 1.29 is 4.79 Å². The first kappa shape index (κ1) is 22.1. The molecule has 162 valence electrons. The van der Waals surface area contributed by atoms with Gasteiger partial charge < -0.3 is 10.6 Å². The highest BCUT2D eigenvalue weighted by molar-refractivity contribution is 7.16. The number of hydrogen-bond donors (Lipinski definition) is 2. The zero-order valence-corrected chi connectivity index (χ0v) is 19.5. The van der Waals surface area contributed by atoms with Crippen LogP contribution >= 0.6 is 34.5 Å². The lowest BCUT2D eigenvalue weighted by Crippen LogP contribution is -2.50. The fourth-order valence-electron chi connectivity index (χ4n) is 3.87. The third kappa shape index (κ3) is 5.98. The highest BCUT2D eigenvalue weighted by Gasteiger charge is 2.32. The number of halogens is 2. The minimum absolute atomic E-state index is 0.0226. The van der Waals surface area contributed by atoms with Crippen LogP contribution in [0.3, 0.4) is 0 Å². The van der Waals surface area contributed by atoms with Crippen LogP contribution in [0, 0.1) is 6.92 Å². The van der Waals surface area contributed by atoms with Gasteiger partial charge in [0.1, 0.15) is 0 Å². The Morgan fingerprint density at radius 2 is 1.97 bits per heavy atom. The number of carbonyl (C=O) groups excluding carboxylic acids is 1. The summed E-state index contributed by atoms with van der Waals surface area (Å²) in [6, 6.07) is 15.1. The molecule has 0 bridgehead atoms. The molecule has 5 nitrogen and oxygen atoms in total. The fraction of sp³-hybridized carbons (Fsp3) is 0.304. The zero-order chi connectivity index (χ0) is 21.8. The Kier molecular flexibility index (Phi) is 7.13. The molecule has 2 unspecified atom stereocenters. The van der Waals surface area contributed by atoms with Crippen molar-refractivity contribution in [2.45, 2.75) is 31.8 Å². The number of pyridine rings is 1. The molecule has 2 atom stereocenters. The van der Waals surface area contributed by atoms with E-state index in [1.165, 1.54) is 10.4 Å². The number of aryl methyl sites for hydroxylation is 1. The van der Waals surface area contributed by atoms with Crippen LogP contribution < -0.4 is 10.6 Å². The van der Waals surface area contributed by atoms with Gasteiger partial charge in [0.2, 0.25) is 0 Å². The van der Waals surface area contributed by atoms with Crippen molar-refractivity contribution in [3.63, 3.8) is 0 Å². The van der Waals surface area contributed by atoms with Crippen LogP contribution in [-0.2, 0) is 6.54 Å². The minimum atomic E-state index is -0.212. The Morgan fingerprint density at radius 1 is 1.16 bits per heavy atom. The van der Waals surface area contributed by atoms with Gasteiger partial charge in [0.15, 0.2) is 0 Å². The summed E-state index contributed by atoms with van der Waals surface area (Å²) in [6.45, 7) is 4.57. The highest BCUT2D eigenvalue weighted by Crippen LogP contribution is 2.34. The second-order valence-electron chi connectivity index (χ2n) is 7.79. The molecule has 1 aliphatic heterocycles. The van der Waals surface area contributed by atoms with Gasteiger partial charge >= 0.3 is 6.03 Å². The lowest BCUT2D eigenvalue weighted by molar-refractivity contribution is 0.170. The van der Waals surface area contributed by atoms with E-state index in [1.54, 1.807) is 35.6 Å². The van der Waals surface area contributed by atoms with E-state index in [1.807, 2.05) is 25.3 Å². The number of rotatable bonds is 5. The molecule has 4 rings (SSSR count). The summed E-state index contributed by atoms with van der Waals surface area (Å²) >= 11 is 13.7. The number of hydrogen-bond acceptors (Lipinski definition) is 4. The molecule has 1 aliphatic rings. The van der Waals surface area contributed by atoms with Crippen molar-refractivity contribution in [2.24, 2.45) is 0 Å². The first-order valence-electron chi connectivity index (χ1n) is 10.2. The number of benzene rings is 1. The normalized spacial score (nSPS) is 19.2. The lowest BCUT2D eigenvalue weighted by atomic mass is 9.90. The molecule has 0 saturated carbocycles. The predicted octanol–water partition coefficient (Wildman–Crippen LogP) is 5.94. The van der Waals surface area contributed by atoms with Gasteiger partial charge in [-0.15, -0.1) is 11.3 Å². The first-order chi connectivity index (χ1) is 15.0. The number of carbonyl (C=O) groups is 1. The van der Waals surface area contributed by atoms with Crippen LogP contribution in [0.1, 0.15) is 28.5 Å². The molecule has 1 saturated heterocycles. The number of urea groups is 1. The second kappa shape index (κ2) is 10.0. The Bertz CT molecular complexity index is 1020. The van der Waals surface area contributed by atoms with E-state index in [2.05, 4.69) is 32.7 Å². The highest BCUT2D eigenvalue weighted by atomic mass is 35.5. The largest absolute Gasteiger partial charge is 0.334 e. The Hall–Kier alpha value is -2.12. The molecule has 31 heavy (non-hydrogen) atoms. The van der Waals surface area contributed by atoms with Crippen LogP contribution in [-0.4, -0.2) is 35.0 Å². The summed E-state index contributed by atoms with van der Waals surface area (Å²) in [5.41, 5.74) is 2.92. The number of anilines is 1. The summed E-state index contributed by atoms with van der Waals surface area (Å²) in [5.74, 6) is 0.167. The smallest absolute Gasteiger partial charge is 0.319 e. The molecule has 2 amide bonds. The summed E-state index contributed by atoms with van der Waals surface area (Å²) < 4.78 is 0.763. The van der Waals surface area contributed by atoms with E-state index in [0.717, 1.165) is 36.1 Å². The van der Waals surface area contributed by atoms with E-state index >= 15 is 0 Å². The number of thiophene rings is 1. The quantitative estimate of drug-likeness (QED) is 0.480. The summed E-state index contributed by atoms with van der Waals surface area (Å²) in [6.07, 6.45) is 2.80. The van der Waals surface area contributed by atoms with Gasteiger partial charge in [-0.3, -0.25) is 9.88 Å². The summed E-state index contributed by atoms with van der Waals surface area (Å²) in [7, 11) is 0. The van der Waals surface area contributed by atoms with Crippen molar-refractivity contribution in [3.05, 3.63) is 80.2 Å². The summed E-state index contributed by atoms with van der Waals surface area (Å²) in [4.78, 5) is 20.7. The topological polar surface area (TPSA) is 57.3 Å². The lowest BCUT2D eigenvalue weighted by Gasteiger charge is -2.38. The van der Waals surface area contributed by atoms with Gasteiger partial charge in [-0.2, -0.15) is 0 Å². The molecule has 1 aromatic carbocycles. The number of amides is 2. The Balaban J connectivity index is 1.44. The molecular weight excluding hydrogens is 451 g/mol. The first-order valence-corrected chi connectivity index (χ1v) is 11.8. The van der Waals surface area contributed by atoms with Crippen molar-refractivity contribution in [1.82, 2.24) is 15.2 Å². The molecule has 8 heteroatoms. The Morgan fingerprint density at radius 3 is 2.65 bits per heavy atom. The van der Waals surface area contributed by atoms with Crippen LogP contribution in [0.5, 0.6) is 0 Å². The van der Waals surface area contributed by atoms with E-state index in [0.29, 0.717) is 10.7 Å². The average Bonchev–Trinajstić information content (AvgIpc) is 3.18. The predicted molar refractivity (Wildman–Crippen MR) is 128 cm³/mol. The van der Waals surface area contributed by atoms with Crippen molar-refractivity contribution in [1.29, 1.82) is 0 Å². The third-order valence-electron chi connectivity index (χ3n) is 5.45. The maximum atomic E-state index is 12.7. The molecule has 0 spiro atoms. The number of piperidine rings is 1. The van der Waals surface area contributed by atoms with Gasteiger partial charge in [0.25, 0.3) is 0 Å². The number of likely N-dealkylation sites (tertiary alicyclic amines) is 1. The SMILES string of the molecule is Cc1ccc(CN2CCC(NC(=O)Nc3ccc(Cl)cc3)C(c3ccc(Cl)s3)C2)cn1. The van der Waals surface area contributed by atoms with Gasteiger partial charge in [0, 0.05) is 59.1 Å². The molecule has 0 radical (unpaired) electrons. The van der Waals surface area contributed by atoms with Crippen molar-refractivity contribution in [3.8, 4) is 0 Å². The van der Waals surface area contributed by atoms with E-state index in [9.17, 15) is 4.79 Å². The van der Waals surface area contributed by atoms with Gasteiger partial charge in [-0.1, -0.05) is 29.3 Å².